The average molecular weight is 156 g/mol. The highest BCUT2D eigenvalue weighted by atomic mass is 15.1. The van der Waals surface area contributed by atoms with Gasteiger partial charge in [0, 0.05) is 11.1 Å². The topological polar surface area (TPSA) is 38.0 Å². The smallest absolute Gasteiger partial charge is 0.0349 e. The van der Waals surface area contributed by atoms with Crippen LogP contribution in [-0.4, -0.2) is 17.6 Å². The normalized spacial score (nSPS) is 42.5. The molecule has 2 nitrogen and oxygen atoms in total. The van der Waals surface area contributed by atoms with E-state index in [0.717, 1.165) is 13.0 Å². The second kappa shape index (κ2) is 2.76. The van der Waals surface area contributed by atoms with E-state index in [4.69, 9.17) is 5.73 Å². The summed E-state index contributed by atoms with van der Waals surface area (Å²) >= 11 is 0. The third-order valence-electron chi connectivity index (χ3n) is 2.90. The number of hydrogen-bond acceptors (Lipinski definition) is 2. The molecule has 0 aromatic rings. The van der Waals surface area contributed by atoms with E-state index >= 15 is 0 Å². The van der Waals surface area contributed by atoms with Gasteiger partial charge in [0.05, 0.1) is 0 Å². The van der Waals surface area contributed by atoms with Crippen LogP contribution in [0.5, 0.6) is 0 Å². The number of rotatable bonds is 4. The van der Waals surface area contributed by atoms with Gasteiger partial charge in [-0.2, -0.15) is 0 Å². The van der Waals surface area contributed by atoms with Crippen LogP contribution in [0.3, 0.4) is 0 Å². The lowest BCUT2D eigenvalue weighted by Gasteiger charge is -2.16. The SMILES string of the molecule is CCCCNC1(C)CC1(C)N. The zero-order chi connectivity index (χ0) is 8.54. The van der Waals surface area contributed by atoms with Crippen LogP contribution < -0.4 is 11.1 Å². The predicted molar refractivity (Wildman–Crippen MR) is 48.5 cm³/mol. The van der Waals surface area contributed by atoms with Crippen molar-refractivity contribution in [1.29, 1.82) is 0 Å². The first-order valence-corrected chi connectivity index (χ1v) is 4.56. The van der Waals surface area contributed by atoms with Gasteiger partial charge in [0.25, 0.3) is 0 Å². The lowest BCUT2D eigenvalue weighted by molar-refractivity contribution is 0.465. The first kappa shape index (κ1) is 9.01. The van der Waals surface area contributed by atoms with E-state index in [1.165, 1.54) is 12.8 Å². The van der Waals surface area contributed by atoms with Crippen LogP contribution in [0.4, 0.5) is 0 Å². The highest BCUT2D eigenvalue weighted by Crippen LogP contribution is 2.44. The van der Waals surface area contributed by atoms with Gasteiger partial charge in [0.1, 0.15) is 0 Å². The third-order valence-corrected chi connectivity index (χ3v) is 2.90. The summed E-state index contributed by atoms with van der Waals surface area (Å²) in [6.45, 7) is 7.65. The van der Waals surface area contributed by atoms with Gasteiger partial charge in [-0.15, -0.1) is 0 Å². The number of unbranched alkanes of at least 4 members (excludes halogenated alkanes) is 1. The molecule has 2 heteroatoms. The third kappa shape index (κ3) is 1.74. The number of hydrogen-bond donors (Lipinski definition) is 2. The monoisotopic (exact) mass is 156 g/mol. The minimum Gasteiger partial charge on any atom is -0.324 e. The highest BCUT2D eigenvalue weighted by molar-refractivity contribution is 5.21. The maximum Gasteiger partial charge on any atom is 0.0349 e. The maximum absolute atomic E-state index is 5.96. The summed E-state index contributed by atoms with van der Waals surface area (Å²) in [5.41, 5.74) is 6.23. The first-order chi connectivity index (χ1) is 5.02. The van der Waals surface area contributed by atoms with Crippen molar-refractivity contribution in [3.8, 4) is 0 Å². The molecule has 0 saturated heterocycles. The van der Waals surface area contributed by atoms with Crippen molar-refractivity contribution in [3.63, 3.8) is 0 Å². The summed E-state index contributed by atoms with van der Waals surface area (Å²) in [6, 6.07) is 0. The molecule has 0 aromatic carbocycles. The Morgan fingerprint density at radius 1 is 1.45 bits per heavy atom. The molecule has 1 saturated carbocycles. The number of nitrogens with one attached hydrogen (secondary N) is 1. The van der Waals surface area contributed by atoms with E-state index in [9.17, 15) is 0 Å². The largest absolute Gasteiger partial charge is 0.324 e. The Kier molecular flexibility index (Phi) is 2.26. The van der Waals surface area contributed by atoms with E-state index in [2.05, 4.69) is 26.1 Å². The molecule has 0 heterocycles. The second-order valence-electron chi connectivity index (χ2n) is 4.21. The molecule has 1 fully saturated rings. The Morgan fingerprint density at radius 3 is 2.36 bits per heavy atom. The van der Waals surface area contributed by atoms with E-state index in [0.29, 0.717) is 0 Å². The molecular formula is C9H20N2. The molecule has 0 aliphatic heterocycles. The fourth-order valence-corrected chi connectivity index (χ4v) is 1.50. The minimum absolute atomic E-state index is 0.0424. The Bertz CT molecular complexity index is 142. The molecule has 1 aliphatic rings. The van der Waals surface area contributed by atoms with E-state index in [1.54, 1.807) is 0 Å². The van der Waals surface area contributed by atoms with E-state index in [-0.39, 0.29) is 11.1 Å². The predicted octanol–water partition coefficient (Wildman–Crippen LogP) is 1.26. The van der Waals surface area contributed by atoms with Gasteiger partial charge in [-0.3, -0.25) is 0 Å². The Labute approximate surface area is 69.5 Å². The molecule has 2 atom stereocenters. The Morgan fingerprint density at radius 2 is 2.00 bits per heavy atom. The van der Waals surface area contributed by atoms with Crippen LogP contribution in [0.15, 0.2) is 0 Å². The summed E-state index contributed by atoms with van der Waals surface area (Å²) in [5, 5.41) is 3.50. The fourth-order valence-electron chi connectivity index (χ4n) is 1.50. The maximum atomic E-state index is 5.96. The molecule has 0 spiro atoms. The Hall–Kier alpha value is -0.0800. The zero-order valence-electron chi connectivity index (χ0n) is 7.91. The van der Waals surface area contributed by atoms with Crippen molar-refractivity contribution < 1.29 is 0 Å². The average Bonchev–Trinajstić information content (AvgIpc) is 2.33. The van der Waals surface area contributed by atoms with E-state index in [1.807, 2.05) is 0 Å². The van der Waals surface area contributed by atoms with Gasteiger partial charge in [-0.05, 0) is 33.2 Å². The number of nitrogens with two attached hydrogens (primary N) is 1. The summed E-state index contributed by atoms with van der Waals surface area (Å²) in [5.74, 6) is 0. The van der Waals surface area contributed by atoms with Gasteiger partial charge < -0.3 is 11.1 Å². The molecule has 66 valence electrons. The molecule has 11 heavy (non-hydrogen) atoms. The quantitative estimate of drug-likeness (QED) is 0.601. The van der Waals surface area contributed by atoms with Crippen molar-refractivity contribution in [3.05, 3.63) is 0 Å². The molecule has 2 unspecified atom stereocenters. The molecule has 1 aliphatic carbocycles. The van der Waals surface area contributed by atoms with Gasteiger partial charge >= 0.3 is 0 Å². The fraction of sp³-hybridized carbons (Fsp3) is 1.00. The van der Waals surface area contributed by atoms with Crippen molar-refractivity contribution >= 4 is 0 Å². The first-order valence-electron chi connectivity index (χ1n) is 4.56. The van der Waals surface area contributed by atoms with Gasteiger partial charge in [0.2, 0.25) is 0 Å². The van der Waals surface area contributed by atoms with Crippen LogP contribution in [0.25, 0.3) is 0 Å². The summed E-state index contributed by atoms with van der Waals surface area (Å²) in [7, 11) is 0. The van der Waals surface area contributed by atoms with Crippen molar-refractivity contribution in [2.45, 2.75) is 51.1 Å². The van der Waals surface area contributed by atoms with Gasteiger partial charge in [-0.25, -0.2) is 0 Å². The minimum atomic E-state index is 0.0424. The highest BCUT2D eigenvalue weighted by Gasteiger charge is 2.57. The van der Waals surface area contributed by atoms with E-state index < -0.39 is 0 Å². The summed E-state index contributed by atoms with van der Waals surface area (Å²) < 4.78 is 0. The molecule has 3 N–H and O–H groups in total. The zero-order valence-corrected chi connectivity index (χ0v) is 7.91. The van der Waals surface area contributed by atoms with Gasteiger partial charge in [0.15, 0.2) is 0 Å². The molecule has 0 aromatic heterocycles. The van der Waals surface area contributed by atoms with Crippen LogP contribution in [-0.2, 0) is 0 Å². The Balaban J connectivity index is 2.18. The van der Waals surface area contributed by atoms with Crippen molar-refractivity contribution in [2.75, 3.05) is 6.54 Å². The van der Waals surface area contributed by atoms with Crippen LogP contribution >= 0.6 is 0 Å². The summed E-state index contributed by atoms with van der Waals surface area (Å²) in [6.07, 6.45) is 3.62. The van der Waals surface area contributed by atoms with Crippen LogP contribution in [0.2, 0.25) is 0 Å². The van der Waals surface area contributed by atoms with Crippen molar-refractivity contribution in [2.24, 2.45) is 5.73 Å². The molecular weight excluding hydrogens is 136 g/mol. The molecule has 0 radical (unpaired) electrons. The molecule has 0 amide bonds. The lowest BCUT2D eigenvalue weighted by Crippen LogP contribution is -2.41. The second-order valence-corrected chi connectivity index (χ2v) is 4.21. The molecule has 0 bridgehead atoms. The summed E-state index contributed by atoms with van der Waals surface area (Å²) in [4.78, 5) is 0. The molecule has 1 rings (SSSR count). The van der Waals surface area contributed by atoms with Crippen LogP contribution in [0, 0.1) is 0 Å². The lowest BCUT2D eigenvalue weighted by atomic mass is 10.2. The van der Waals surface area contributed by atoms with Crippen molar-refractivity contribution in [1.82, 2.24) is 5.32 Å². The van der Waals surface area contributed by atoms with Crippen LogP contribution in [0.1, 0.15) is 40.0 Å². The van der Waals surface area contributed by atoms with Gasteiger partial charge in [-0.1, -0.05) is 13.3 Å². The standard InChI is InChI=1S/C9H20N2/c1-4-5-6-11-9(3)7-8(9,2)10/h11H,4-7,10H2,1-3H3.